The van der Waals surface area contributed by atoms with Gasteiger partial charge in [-0.25, -0.2) is 0 Å². The molecular weight excluding hydrogens is 316 g/mol. The van der Waals surface area contributed by atoms with Gasteiger partial charge in [-0.3, -0.25) is 4.90 Å². The number of nitrogens with zero attached hydrogens (tertiary/aromatic N) is 4. The van der Waals surface area contributed by atoms with Gasteiger partial charge in [0.25, 0.3) is 0 Å². The molecule has 0 radical (unpaired) electrons. The lowest BCUT2D eigenvalue weighted by molar-refractivity contribution is 0.210. The first-order valence-corrected chi connectivity index (χ1v) is 9.02. The van der Waals surface area contributed by atoms with Crippen LogP contribution in [0.15, 0.2) is 28.8 Å². The van der Waals surface area contributed by atoms with Crippen molar-refractivity contribution in [1.29, 1.82) is 0 Å². The summed E-state index contributed by atoms with van der Waals surface area (Å²) in [5.41, 5.74) is 1.20. The highest BCUT2D eigenvalue weighted by molar-refractivity contribution is 5.31. The van der Waals surface area contributed by atoms with E-state index in [1.807, 2.05) is 25.1 Å². The summed E-state index contributed by atoms with van der Waals surface area (Å²) in [5.74, 6) is 2.40. The van der Waals surface area contributed by atoms with E-state index in [2.05, 4.69) is 40.0 Å². The van der Waals surface area contributed by atoms with E-state index >= 15 is 0 Å². The van der Waals surface area contributed by atoms with Crippen LogP contribution < -0.4 is 4.74 Å². The molecule has 25 heavy (non-hydrogen) atoms. The van der Waals surface area contributed by atoms with Crippen molar-refractivity contribution in [1.82, 2.24) is 19.9 Å². The maximum Gasteiger partial charge on any atom is 0.223 e. The standard InChI is InChI=1S/C19H28N4O2/c1-15-7-4-5-8-18(15)24-12-6-10-23-11-9-17(13-23)22(3)14-19-20-16(2)25-21-19/h4-5,7-8,17H,6,9-14H2,1-3H3. The van der Waals surface area contributed by atoms with Crippen LogP contribution >= 0.6 is 0 Å². The van der Waals surface area contributed by atoms with E-state index in [0.717, 1.165) is 50.8 Å². The maximum atomic E-state index is 5.89. The molecular formula is C19H28N4O2. The third-order valence-electron chi connectivity index (χ3n) is 4.80. The lowest BCUT2D eigenvalue weighted by atomic mass is 10.2. The number of ether oxygens (including phenoxy) is 1. The smallest absolute Gasteiger partial charge is 0.223 e. The Kier molecular flexibility index (Phi) is 6.04. The van der Waals surface area contributed by atoms with Gasteiger partial charge in [0.1, 0.15) is 5.75 Å². The Hall–Kier alpha value is -1.92. The summed E-state index contributed by atoms with van der Waals surface area (Å²) in [6.45, 7) is 8.74. The summed E-state index contributed by atoms with van der Waals surface area (Å²) in [6.07, 6.45) is 2.24. The molecule has 6 nitrogen and oxygen atoms in total. The summed E-state index contributed by atoms with van der Waals surface area (Å²) in [4.78, 5) is 9.13. The Labute approximate surface area is 149 Å². The average Bonchev–Trinajstić information content (AvgIpc) is 3.22. The number of likely N-dealkylation sites (tertiary alicyclic amines) is 1. The van der Waals surface area contributed by atoms with Gasteiger partial charge < -0.3 is 14.2 Å². The van der Waals surface area contributed by atoms with Crippen molar-refractivity contribution in [3.05, 3.63) is 41.5 Å². The molecule has 1 aliphatic heterocycles. The Morgan fingerprint density at radius 2 is 2.16 bits per heavy atom. The van der Waals surface area contributed by atoms with Crippen LogP contribution in [0, 0.1) is 13.8 Å². The summed E-state index contributed by atoms with van der Waals surface area (Å²) in [6, 6.07) is 8.74. The van der Waals surface area contributed by atoms with E-state index < -0.39 is 0 Å². The molecule has 2 heterocycles. The first-order valence-electron chi connectivity index (χ1n) is 9.02. The highest BCUT2D eigenvalue weighted by Crippen LogP contribution is 2.18. The molecule has 1 aliphatic rings. The molecule has 1 saturated heterocycles. The van der Waals surface area contributed by atoms with Crippen LogP contribution in [-0.4, -0.2) is 59.3 Å². The number of hydrogen-bond donors (Lipinski definition) is 0. The number of hydrogen-bond acceptors (Lipinski definition) is 6. The van der Waals surface area contributed by atoms with Crippen LogP contribution in [0.1, 0.15) is 30.1 Å². The number of aryl methyl sites for hydroxylation is 2. The number of aromatic nitrogens is 2. The zero-order valence-electron chi connectivity index (χ0n) is 15.4. The zero-order chi connectivity index (χ0) is 17.6. The second kappa shape index (κ2) is 8.45. The lowest BCUT2D eigenvalue weighted by Gasteiger charge is -2.23. The first-order chi connectivity index (χ1) is 12.1. The van der Waals surface area contributed by atoms with Gasteiger partial charge in [0.15, 0.2) is 5.82 Å². The van der Waals surface area contributed by atoms with Crippen LogP contribution in [0.3, 0.4) is 0 Å². The molecule has 1 unspecified atom stereocenters. The summed E-state index contributed by atoms with van der Waals surface area (Å²) in [7, 11) is 2.14. The SMILES string of the molecule is Cc1nc(CN(C)C2CCN(CCCOc3ccccc3C)C2)no1. The molecule has 2 aromatic rings. The number of benzene rings is 1. The molecule has 1 aromatic heterocycles. The van der Waals surface area contributed by atoms with Crippen LogP contribution in [0.4, 0.5) is 0 Å². The fourth-order valence-electron chi connectivity index (χ4n) is 3.32. The largest absolute Gasteiger partial charge is 0.493 e. The first kappa shape index (κ1) is 17.9. The third kappa shape index (κ3) is 5.03. The van der Waals surface area contributed by atoms with Crippen molar-refractivity contribution < 1.29 is 9.26 Å². The Morgan fingerprint density at radius 3 is 2.92 bits per heavy atom. The average molecular weight is 344 g/mol. The van der Waals surface area contributed by atoms with Gasteiger partial charge in [0.2, 0.25) is 5.89 Å². The Morgan fingerprint density at radius 1 is 1.32 bits per heavy atom. The van der Waals surface area contributed by atoms with E-state index in [1.165, 1.54) is 12.0 Å². The van der Waals surface area contributed by atoms with Crippen molar-refractivity contribution in [2.45, 2.75) is 39.3 Å². The van der Waals surface area contributed by atoms with E-state index in [9.17, 15) is 0 Å². The predicted octanol–water partition coefficient (Wildman–Crippen LogP) is 2.66. The van der Waals surface area contributed by atoms with Crippen molar-refractivity contribution in [3.63, 3.8) is 0 Å². The van der Waals surface area contributed by atoms with Gasteiger partial charge in [-0.15, -0.1) is 0 Å². The highest BCUT2D eigenvalue weighted by atomic mass is 16.5. The molecule has 0 bridgehead atoms. The number of rotatable bonds is 8. The van der Waals surface area contributed by atoms with E-state index in [4.69, 9.17) is 9.26 Å². The summed E-state index contributed by atoms with van der Waals surface area (Å²) < 4.78 is 10.9. The predicted molar refractivity (Wildman–Crippen MR) is 96.6 cm³/mol. The molecule has 136 valence electrons. The second-order valence-electron chi connectivity index (χ2n) is 6.86. The monoisotopic (exact) mass is 344 g/mol. The number of likely N-dealkylation sites (N-methyl/N-ethyl adjacent to an activating group) is 1. The second-order valence-corrected chi connectivity index (χ2v) is 6.86. The molecule has 0 spiro atoms. The minimum absolute atomic E-state index is 0.552. The molecule has 0 amide bonds. The van der Waals surface area contributed by atoms with Crippen molar-refractivity contribution in [3.8, 4) is 5.75 Å². The van der Waals surface area contributed by atoms with Crippen molar-refractivity contribution in [2.75, 3.05) is 33.3 Å². The van der Waals surface area contributed by atoms with Gasteiger partial charge >= 0.3 is 0 Å². The molecule has 1 aromatic carbocycles. The zero-order valence-corrected chi connectivity index (χ0v) is 15.4. The normalized spacial score (nSPS) is 18.2. The molecule has 1 atom stereocenters. The van der Waals surface area contributed by atoms with Crippen LogP contribution in [-0.2, 0) is 6.54 Å². The lowest BCUT2D eigenvalue weighted by Crippen LogP contribution is -2.34. The van der Waals surface area contributed by atoms with Crippen LogP contribution in [0.5, 0.6) is 5.75 Å². The van der Waals surface area contributed by atoms with Crippen molar-refractivity contribution >= 4 is 0 Å². The van der Waals surface area contributed by atoms with Gasteiger partial charge in [-0.05, 0) is 45.0 Å². The van der Waals surface area contributed by atoms with Gasteiger partial charge in [-0.2, -0.15) is 4.98 Å². The molecule has 0 N–H and O–H groups in total. The topological polar surface area (TPSA) is 54.6 Å². The van der Waals surface area contributed by atoms with Gasteiger partial charge in [0.05, 0.1) is 13.2 Å². The van der Waals surface area contributed by atoms with Crippen molar-refractivity contribution in [2.24, 2.45) is 0 Å². The highest BCUT2D eigenvalue weighted by Gasteiger charge is 2.26. The maximum absolute atomic E-state index is 5.89. The molecule has 3 rings (SSSR count). The molecule has 1 fully saturated rings. The summed E-state index contributed by atoms with van der Waals surface area (Å²) in [5, 5.41) is 3.98. The minimum Gasteiger partial charge on any atom is -0.493 e. The fraction of sp³-hybridized carbons (Fsp3) is 0.579. The van der Waals surface area contributed by atoms with Crippen LogP contribution in [0.2, 0.25) is 0 Å². The number of para-hydroxylation sites is 1. The minimum atomic E-state index is 0.552. The Balaban J connectivity index is 1.36. The quantitative estimate of drug-likeness (QED) is 0.686. The van der Waals surface area contributed by atoms with Gasteiger partial charge in [-0.1, -0.05) is 23.4 Å². The fourth-order valence-corrected chi connectivity index (χ4v) is 3.32. The third-order valence-corrected chi connectivity index (χ3v) is 4.80. The molecule has 0 saturated carbocycles. The van der Waals surface area contributed by atoms with Gasteiger partial charge in [0, 0.05) is 26.1 Å². The van der Waals surface area contributed by atoms with E-state index in [1.54, 1.807) is 0 Å². The Bertz CT molecular complexity index is 673. The summed E-state index contributed by atoms with van der Waals surface area (Å²) >= 11 is 0. The molecule has 6 heteroatoms. The van der Waals surface area contributed by atoms with Crippen LogP contribution in [0.25, 0.3) is 0 Å². The van der Waals surface area contributed by atoms with E-state index in [0.29, 0.717) is 11.9 Å². The van der Waals surface area contributed by atoms with E-state index in [-0.39, 0.29) is 0 Å². The molecule has 0 aliphatic carbocycles.